The first-order valence-electron chi connectivity index (χ1n) is 6.10. The van der Waals surface area contributed by atoms with Gasteiger partial charge in [0.25, 0.3) is 0 Å². The monoisotopic (exact) mass is 307 g/mol. The zero-order valence-corrected chi connectivity index (χ0v) is 11.8. The van der Waals surface area contributed by atoms with Gasteiger partial charge >= 0.3 is 6.61 Å². The summed E-state index contributed by atoms with van der Waals surface area (Å²) >= 11 is 5.34. The number of hydrogen-bond acceptors (Lipinski definition) is 3. The van der Waals surface area contributed by atoms with Gasteiger partial charge in [0.1, 0.15) is 17.4 Å². The van der Waals surface area contributed by atoms with Crippen LogP contribution in [0.5, 0.6) is 11.5 Å². The maximum absolute atomic E-state index is 12.4. The second kappa shape index (κ2) is 8.58. The molecule has 0 fully saturated rings. The Hall–Kier alpha value is -1.56. The second-order valence-electron chi connectivity index (χ2n) is 3.91. The zero-order chi connectivity index (χ0) is 15.0. The minimum atomic E-state index is -2.95. The summed E-state index contributed by atoms with van der Waals surface area (Å²) in [5.74, 6) is -0.165. The Bertz CT molecular complexity index is 444. The van der Waals surface area contributed by atoms with Crippen LogP contribution in [0.4, 0.5) is 8.78 Å². The number of carbonyl (C=O) groups excluding carboxylic acids is 1. The molecule has 0 spiro atoms. The molecule has 4 nitrogen and oxygen atoms in total. The second-order valence-corrected chi connectivity index (χ2v) is 4.17. The summed E-state index contributed by atoms with van der Waals surface area (Å²) < 4.78 is 34.5. The highest BCUT2D eigenvalue weighted by Gasteiger charge is 2.12. The number of hydrogen-bond donors (Lipinski definition) is 1. The molecule has 20 heavy (non-hydrogen) atoms. The van der Waals surface area contributed by atoms with Gasteiger partial charge in [0, 0.05) is 18.2 Å². The molecule has 1 N–H and O–H groups in total. The Morgan fingerprint density at radius 3 is 2.80 bits per heavy atom. The molecular weight excluding hydrogens is 292 g/mol. The van der Waals surface area contributed by atoms with Crippen molar-refractivity contribution in [3.63, 3.8) is 0 Å². The van der Waals surface area contributed by atoms with Gasteiger partial charge in [-0.3, -0.25) is 4.79 Å². The summed E-state index contributed by atoms with van der Waals surface area (Å²) in [6.45, 7) is -0.469. The number of benzene rings is 1. The molecule has 0 aliphatic rings. The van der Waals surface area contributed by atoms with E-state index in [1.165, 1.54) is 6.07 Å². The fraction of sp³-hybridized carbons (Fsp3) is 0.462. The lowest BCUT2D eigenvalue weighted by atomic mass is 10.2. The summed E-state index contributed by atoms with van der Waals surface area (Å²) in [6.07, 6.45) is 0.804. The Kier molecular flexibility index (Phi) is 7.08. The van der Waals surface area contributed by atoms with Crippen molar-refractivity contribution in [2.24, 2.45) is 0 Å². The fourth-order valence-corrected chi connectivity index (χ4v) is 1.53. The predicted octanol–water partition coefficient (Wildman–Crippen LogP) is 2.93. The van der Waals surface area contributed by atoms with Gasteiger partial charge in [-0.05, 0) is 18.6 Å². The third-order valence-corrected chi connectivity index (χ3v) is 2.57. The third kappa shape index (κ3) is 5.61. The average Bonchev–Trinajstić information content (AvgIpc) is 2.43. The highest BCUT2D eigenvalue weighted by molar-refractivity contribution is 6.27. The van der Waals surface area contributed by atoms with Crippen molar-refractivity contribution in [2.45, 2.75) is 26.5 Å². The first kappa shape index (κ1) is 16.5. The van der Waals surface area contributed by atoms with Crippen LogP contribution in [-0.2, 0) is 11.3 Å². The van der Waals surface area contributed by atoms with E-state index < -0.39 is 6.61 Å². The minimum absolute atomic E-state index is 0.0246. The van der Waals surface area contributed by atoms with Crippen molar-refractivity contribution in [1.82, 2.24) is 5.32 Å². The lowest BCUT2D eigenvalue weighted by Gasteiger charge is -2.13. The van der Waals surface area contributed by atoms with Crippen molar-refractivity contribution in [3.8, 4) is 11.5 Å². The van der Waals surface area contributed by atoms with Crippen molar-refractivity contribution < 1.29 is 23.0 Å². The number of halogens is 3. The van der Waals surface area contributed by atoms with E-state index in [2.05, 4.69) is 10.1 Å². The molecule has 112 valence electrons. The standard InChI is InChI=1S/C13H16ClF2NO3/c1-2-5-19-10-4-3-9(8-17-12(18)7-14)11(6-10)20-13(15)16/h3-4,6,13H,2,5,7-8H2,1H3,(H,17,18). The topological polar surface area (TPSA) is 47.6 Å². The smallest absolute Gasteiger partial charge is 0.387 e. The van der Waals surface area contributed by atoms with E-state index in [-0.39, 0.29) is 24.1 Å². The van der Waals surface area contributed by atoms with E-state index in [1.54, 1.807) is 12.1 Å². The Morgan fingerprint density at radius 1 is 1.45 bits per heavy atom. The first-order chi connectivity index (χ1) is 9.56. The van der Waals surface area contributed by atoms with Crippen LogP contribution in [0, 0.1) is 0 Å². The Morgan fingerprint density at radius 2 is 2.20 bits per heavy atom. The number of carbonyl (C=O) groups is 1. The summed E-state index contributed by atoms with van der Waals surface area (Å²) in [6, 6.07) is 4.58. The molecule has 0 aliphatic heterocycles. The van der Waals surface area contributed by atoms with E-state index in [1.807, 2.05) is 6.92 Å². The number of rotatable bonds is 8. The summed E-state index contributed by atoms with van der Waals surface area (Å²) in [7, 11) is 0. The highest BCUT2D eigenvalue weighted by atomic mass is 35.5. The van der Waals surface area contributed by atoms with Gasteiger partial charge in [-0.15, -0.1) is 11.6 Å². The van der Waals surface area contributed by atoms with Crippen LogP contribution in [0.2, 0.25) is 0 Å². The largest absolute Gasteiger partial charge is 0.493 e. The van der Waals surface area contributed by atoms with Crippen LogP contribution in [0.15, 0.2) is 18.2 Å². The molecule has 0 saturated heterocycles. The molecule has 1 amide bonds. The number of nitrogens with one attached hydrogen (secondary N) is 1. The van der Waals surface area contributed by atoms with Crippen LogP contribution in [0.25, 0.3) is 0 Å². The Balaban J connectivity index is 2.82. The van der Waals surface area contributed by atoms with Gasteiger partial charge < -0.3 is 14.8 Å². The van der Waals surface area contributed by atoms with Crippen LogP contribution in [-0.4, -0.2) is 25.0 Å². The summed E-state index contributed by atoms with van der Waals surface area (Å²) in [4.78, 5) is 11.1. The molecule has 1 rings (SSSR count). The maximum atomic E-state index is 12.4. The maximum Gasteiger partial charge on any atom is 0.387 e. The van der Waals surface area contributed by atoms with E-state index >= 15 is 0 Å². The van der Waals surface area contributed by atoms with E-state index in [4.69, 9.17) is 16.3 Å². The average molecular weight is 308 g/mol. The number of amides is 1. The quantitative estimate of drug-likeness (QED) is 0.751. The number of alkyl halides is 3. The molecule has 0 heterocycles. The van der Waals surface area contributed by atoms with Gasteiger partial charge in [-0.2, -0.15) is 8.78 Å². The van der Waals surface area contributed by atoms with Crippen LogP contribution >= 0.6 is 11.6 Å². The SMILES string of the molecule is CCCOc1ccc(CNC(=O)CCl)c(OC(F)F)c1. The zero-order valence-electron chi connectivity index (χ0n) is 11.0. The van der Waals surface area contributed by atoms with Crippen molar-refractivity contribution in [1.29, 1.82) is 0 Å². The molecule has 1 aromatic rings. The minimum Gasteiger partial charge on any atom is -0.493 e. The molecule has 0 unspecified atom stereocenters. The van der Waals surface area contributed by atoms with E-state index in [0.717, 1.165) is 6.42 Å². The highest BCUT2D eigenvalue weighted by Crippen LogP contribution is 2.26. The molecular formula is C13H16ClF2NO3. The van der Waals surface area contributed by atoms with Crippen molar-refractivity contribution in [2.75, 3.05) is 12.5 Å². The van der Waals surface area contributed by atoms with Crippen molar-refractivity contribution in [3.05, 3.63) is 23.8 Å². The van der Waals surface area contributed by atoms with Crippen LogP contribution in [0.3, 0.4) is 0 Å². The first-order valence-corrected chi connectivity index (χ1v) is 6.63. The van der Waals surface area contributed by atoms with Crippen LogP contribution in [0.1, 0.15) is 18.9 Å². The molecule has 0 saturated carbocycles. The van der Waals surface area contributed by atoms with Crippen LogP contribution < -0.4 is 14.8 Å². The fourth-order valence-electron chi connectivity index (χ4n) is 1.44. The summed E-state index contributed by atoms with van der Waals surface area (Å²) in [5, 5.41) is 2.49. The van der Waals surface area contributed by atoms with Gasteiger partial charge in [0.05, 0.1) is 6.61 Å². The van der Waals surface area contributed by atoms with E-state index in [0.29, 0.717) is 17.9 Å². The van der Waals surface area contributed by atoms with Gasteiger partial charge in [0.2, 0.25) is 5.91 Å². The molecule has 7 heteroatoms. The molecule has 0 bridgehead atoms. The lowest BCUT2D eigenvalue weighted by Crippen LogP contribution is -2.24. The molecule has 0 aliphatic carbocycles. The third-order valence-electron chi connectivity index (χ3n) is 2.32. The molecule has 0 aromatic heterocycles. The van der Waals surface area contributed by atoms with E-state index in [9.17, 15) is 13.6 Å². The molecule has 0 radical (unpaired) electrons. The molecule has 1 aromatic carbocycles. The normalized spacial score (nSPS) is 10.4. The van der Waals surface area contributed by atoms with Gasteiger partial charge in [-0.25, -0.2) is 0 Å². The van der Waals surface area contributed by atoms with Gasteiger partial charge in [0.15, 0.2) is 0 Å². The predicted molar refractivity (Wildman–Crippen MR) is 71.4 cm³/mol. The molecule has 0 atom stereocenters. The Labute approximate surface area is 121 Å². The number of ether oxygens (including phenoxy) is 2. The van der Waals surface area contributed by atoms with Gasteiger partial charge in [-0.1, -0.05) is 6.92 Å². The lowest BCUT2D eigenvalue weighted by molar-refractivity contribution is -0.118. The summed E-state index contributed by atoms with van der Waals surface area (Å²) in [5.41, 5.74) is 0.424. The van der Waals surface area contributed by atoms with Crippen molar-refractivity contribution >= 4 is 17.5 Å².